The third-order valence-electron chi connectivity index (χ3n) is 5.60. The molecule has 1 amide bonds. The summed E-state index contributed by atoms with van der Waals surface area (Å²) in [6.45, 7) is 5.02. The second-order valence-corrected chi connectivity index (χ2v) is 9.09. The van der Waals surface area contributed by atoms with E-state index in [2.05, 4.69) is 0 Å². The number of amides is 1. The van der Waals surface area contributed by atoms with Crippen LogP contribution in [0.15, 0.2) is 30.3 Å². The minimum absolute atomic E-state index is 0.113. The molecule has 3 aromatic rings. The van der Waals surface area contributed by atoms with Crippen molar-refractivity contribution < 1.29 is 23.1 Å². The minimum atomic E-state index is -0.646. The highest BCUT2D eigenvalue weighted by atomic mass is 32.1. The number of carbonyl (C=O) groups is 2. The van der Waals surface area contributed by atoms with Crippen LogP contribution in [0.25, 0.3) is 10.2 Å². The first-order chi connectivity index (χ1) is 14.9. The van der Waals surface area contributed by atoms with Gasteiger partial charge in [0.25, 0.3) is 5.91 Å². The van der Waals surface area contributed by atoms with Gasteiger partial charge in [0.15, 0.2) is 0 Å². The number of halogens is 2. The molecule has 8 heteroatoms. The van der Waals surface area contributed by atoms with Crippen LogP contribution in [0.1, 0.15) is 40.7 Å². The summed E-state index contributed by atoms with van der Waals surface area (Å²) in [6, 6.07) is 7.27. The lowest BCUT2D eigenvalue weighted by molar-refractivity contribution is -0.149. The van der Waals surface area contributed by atoms with Crippen molar-refractivity contribution in [3.05, 3.63) is 58.1 Å². The van der Waals surface area contributed by atoms with Crippen molar-refractivity contribution in [2.24, 2.45) is 5.92 Å². The number of aryl methyl sites for hydroxylation is 1. The maximum atomic E-state index is 14.4. The van der Waals surface area contributed by atoms with E-state index in [9.17, 15) is 18.4 Å². The summed E-state index contributed by atoms with van der Waals surface area (Å²) >= 11 is 1.56. The number of hydrogen-bond donors (Lipinski definition) is 0. The molecule has 3 heterocycles. The van der Waals surface area contributed by atoms with Crippen molar-refractivity contribution in [2.45, 2.75) is 33.2 Å². The number of rotatable bonds is 5. The van der Waals surface area contributed by atoms with Crippen LogP contribution >= 0.6 is 11.3 Å². The Labute approximate surface area is 183 Å². The normalized spacial score (nSPS) is 16.6. The molecule has 1 fully saturated rings. The highest BCUT2D eigenvalue weighted by Crippen LogP contribution is 2.31. The summed E-state index contributed by atoms with van der Waals surface area (Å²) in [5.41, 5.74) is 1.59. The van der Waals surface area contributed by atoms with Gasteiger partial charge >= 0.3 is 5.97 Å². The van der Waals surface area contributed by atoms with Crippen molar-refractivity contribution in [2.75, 3.05) is 19.7 Å². The average Bonchev–Trinajstić information content (AvgIpc) is 3.26. The van der Waals surface area contributed by atoms with E-state index in [0.29, 0.717) is 37.4 Å². The third-order valence-corrected chi connectivity index (χ3v) is 6.59. The highest BCUT2D eigenvalue weighted by molar-refractivity contribution is 7.19. The molecule has 164 valence electrons. The number of thiophene rings is 1. The van der Waals surface area contributed by atoms with E-state index in [1.165, 1.54) is 12.1 Å². The van der Waals surface area contributed by atoms with E-state index >= 15 is 0 Å². The van der Waals surface area contributed by atoms with E-state index in [1.807, 2.05) is 19.1 Å². The number of aromatic nitrogens is 1. The summed E-state index contributed by atoms with van der Waals surface area (Å²) in [4.78, 5) is 28.4. The zero-order chi connectivity index (χ0) is 22.1. The lowest BCUT2D eigenvalue weighted by Gasteiger charge is -2.31. The fourth-order valence-electron chi connectivity index (χ4n) is 4.11. The van der Waals surface area contributed by atoms with Gasteiger partial charge in [-0.1, -0.05) is 6.07 Å². The molecule has 0 aliphatic carbocycles. The van der Waals surface area contributed by atoms with Gasteiger partial charge < -0.3 is 14.2 Å². The first kappa shape index (κ1) is 21.5. The van der Waals surface area contributed by atoms with Crippen LogP contribution in [0.5, 0.6) is 0 Å². The maximum Gasteiger partial charge on any atom is 0.310 e. The van der Waals surface area contributed by atoms with Gasteiger partial charge in [-0.3, -0.25) is 9.59 Å². The van der Waals surface area contributed by atoms with Gasteiger partial charge in [-0.15, -0.1) is 11.3 Å². The number of benzene rings is 1. The molecule has 0 spiro atoms. The van der Waals surface area contributed by atoms with Crippen LogP contribution in [-0.2, 0) is 16.1 Å². The first-order valence-electron chi connectivity index (χ1n) is 10.4. The molecule has 1 aliphatic heterocycles. The molecule has 4 rings (SSSR count). The summed E-state index contributed by atoms with van der Waals surface area (Å²) < 4.78 is 35.5. The largest absolute Gasteiger partial charge is 0.466 e. The number of ether oxygens (including phenoxy) is 1. The lowest BCUT2D eigenvalue weighted by atomic mass is 9.98. The first-order valence-corrected chi connectivity index (χ1v) is 11.2. The van der Waals surface area contributed by atoms with Gasteiger partial charge in [0.1, 0.15) is 17.3 Å². The zero-order valence-electron chi connectivity index (χ0n) is 17.5. The number of nitrogens with zero attached hydrogens (tertiary/aromatic N) is 2. The fraction of sp³-hybridized carbons (Fsp3) is 0.391. The molecule has 0 radical (unpaired) electrons. The van der Waals surface area contributed by atoms with E-state index in [0.717, 1.165) is 27.6 Å². The van der Waals surface area contributed by atoms with E-state index in [-0.39, 0.29) is 24.3 Å². The van der Waals surface area contributed by atoms with Crippen LogP contribution in [0, 0.1) is 24.5 Å². The van der Waals surface area contributed by atoms with Crippen molar-refractivity contribution in [3.63, 3.8) is 0 Å². The number of hydrogen-bond acceptors (Lipinski definition) is 4. The molecule has 0 bridgehead atoms. The Balaban J connectivity index is 1.67. The SMILES string of the molecule is CCOC(=O)[C@@H]1CCCN(C(=O)c2cc3sc(C)cc3n2Cc2ccc(F)cc2F)C1. The molecule has 1 aliphatic rings. The third kappa shape index (κ3) is 4.35. The molecule has 1 aromatic carbocycles. The molecule has 1 atom stereocenters. The summed E-state index contributed by atoms with van der Waals surface area (Å²) in [5.74, 6) is -2.09. The topological polar surface area (TPSA) is 51.5 Å². The monoisotopic (exact) mass is 446 g/mol. The highest BCUT2D eigenvalue weighted by Gasteiger charge is 2.31. The number of piperidine rings is 1. The van der Waals surface area contributed by atoms with Crippen molar-refractivity contribution in [3.8, 4) is 0 Å². The van der Waals surface area contributed by atoms with Crippen LogP contribution in [-0.4, -0.2) is 41.0 Å². The van der Waals surface area contributed by atoms with Gasteiger partial charge in [0.2, 0.25) is 0 Å². The van der Waals surface area contributed by atoms with Gasteiger partial charge in [0, 0.05) is 29.6 Å². The summed E-state index contributed by atoms with van der Waals surface area (Å²) in [5, 5.41) is 0. The molecule has 0 saturated carbocycles. The summed E-state index contributed by atoms with van der Waals surface area (Å²) in [7, 11) is 0. The molecule has 1 saturated heterocycles. The Morgan fingerprint density at radius 3 is 2.77 bits per heavy atom. The Bertz CT molecular complexity index is 1140. The van der Waals surface area contributed by atoms with Crippen molar-refractivity contribution in [1.82, 2.24) is 9.47 Å². The molecule has 31 heavy (non-hydrogen) atoms. The molecule has 5 nitrogen and oxygen atoms in total. The predicted molar refractivity (Wildman–Crippen MR) is 115 cm³/mol. The standard InChI is InChI=1S/C23H24F2N2O3S/c1-3-30-23(29)16-5-4-8-26(12-16)22(28)20-11-21-19(9-14(2)31-21)27(20)13-15-6-7-17(24)10-18(15)25/h6-7,9-11,16H,3-5,8,12-13H2,1-2H3/t16-/m1/s1. The van der Waals surface area contributed by atoms with Crippen LogP contribution < -0.4 is 0 Å². The average molecular weight is 447 g/mol. The van der Waals surface area contributed by atoms with Gasteiger partial charge in [0.05, 0.1) is 29.3 Å². The minimum Gasteiger partial charge on any atom is -0.466 e. The van der Waals surface area contributed by atoms with E-state index in [1.54, 1.807) is 27.7 Å². The number of esters is 1. The molecular weight excluding hydrogens is 422 g/mol. The Kier molecular flexibility index (Phi) is 6.09. The quantitative estimate of drug-likeness (QED) is 0.532. The zero-order valence-corrected chi connectivity index (χ0v) is 18.3. The summed E-state index contributed by atoms with van der Waals surface area (Å²) in [6.07, 6.45) is 1.41. The number of likely N-dealkylation sites (tertiary alicyclic amines) is 1. The Morgan fingerprint density at radius 2 is 2.03 bits per heavy atom. The lowest BCUT2D eigenvalue weighted by Crippen LogP contribution is -2.43. The smallest absolute Gasteiger partial charge is 0.310 e. The van der Waals surface area contributed by atoms with Crippen molar-refractivity contribution in [1.29, 1.82) is 0 Å². The van der Waals surface area contributed by atoms with Crippen molar-refractivity contribution >= 4 is 33.4 Å². The number of fused-ring (bicyclic) bond motifs is 1. The van der Waals surface area contributed by atoms with E-state index < -0.39 is 11.6 Å². The number of carbonyl (C=O) groups excluding carboxylic acids is 2. The molecule has 2 aromatic heterocycles. The fourth-order valence-corrected chi connectivity index (χ4v) is 5.07. The van der Waals surface area contributed by atoms with Crippen LogP contribution in [0.3, 0.4) is 0 Å². The molecule has 0 unspecified atom stereocenters. The Morgan fingerprint density at radius 1 is 1.23 bits per heavy atom. The predicted octanol–water partition coefficient (Wildman–Crippen LogP) is 4.75. The van der Waals surface area contributed by atoms with E-state index in [4.69, 9.17) is 4.74 Å². The van der Waals surface area contributed by atoms with Gasteiger partial charge in [-0.2, -0.15) is 0 Å². The molecule has 0 N–H and O–H groups in total. The Hall–Kier alpha value is -2.74. The maximum absolute atomic E-state index is 14.4. The van der Waals surface area contributed by atoms with Crippen LogP contribution in [0.4, 0.5) is 8.78 Å². The second kappa shape index (κ2) is 8.78. The second-order valence-electron chi connectivity index (χ2n) is 7.80. The van der Waals surface area contributed by atoms with Gasteiger partial charge in [-0.25, -0.2) is 8.78 Å². The van der Waals surface area contributed by atoms with Gasteiger partial charge in [-0.05, 0) is 44.9 Å². The van der Waals surface area contributed by atoms with Crippen LogP contribution in [0.2, 0.25) is 0 Å². The molecular formula is C23H24F2N2O3S.